The van der Waals surface area contributed by atoms with Gasteiger partial charge < -0.3 is 10.1 Å². The van der Waals surface area contributed by atoms with Gasteiger partial charge in [-0.1, -0.05) is 0 Å². The molecule has 0 amide bonds. The van der Waals surface area contributed by atoms with Crippen LogP contribution in [0.25, 0.3) is 10.9 Å². The van der Waals surface area contributed by atoms with Crippen molar-refractivity contribution in [2.75, 3.05) is 0 Å². The molecule has 2 aromatic rings. The number of pyridine rings is 1. The Labute approximate surface area is 83.0 Å². The number of carbonyl (C=O) groups is 1. The summed E-state index contributed by atoms with van der Waals surface area (Å²) in [5.41, 5.74) is -0.504. The minimum atomic E-state index is -1.36. The second-order valence-electron chi connectivity index (χ2n) is 3.05. The number of aromatic nitrogens is 1. The first-order valence-electron chi connectivity index (χ1n) is 4.14. The van der Waals surface area contributed by atoms with Crippen LogP contribution in [0, 0.1) is 5.82 Å². The molecule has 0 saturated carbocycles. The normalized spacial score (nSPS) is 10.5. The number of hydrogen-bond donors (Lipinski definition) is 2. The van der Waals surface area contributed by atoms with Gasteiger partial charge in [0.25, 0.3) is 0 Å². The summed E-state index contributed by atoms with van der Waals surface area (Å²) in [6.45, 7) is 0. The summed E-state index contributed by atoms with van der Waals surface area (Å²) in [7, 11) is 0. The highest BCUT2D eigenvalue weighted by molar-refractivity contribution is 5.93. The van der Waals surface area contributed by atoms with Crippen molar-refractivity contribution in [3.05, 3.63) is 46.0 Å². The number of nitrogens with one attached hydrogen (secondary N) is 1. The Morgan fingerprint density at radius 2 is 2.07 bits per heavy atom. The number of fused-ring (bicyclic) bond motifs is 1. The average molecular weight is 207 g/mol. The van der Waals surface area contributed by atoms with E-state index >= 15 is 0 Å². The zero-order valence-corrected chi connectivity index (χ0v) is 7.45. The summed E-state index contributed by atoms with van der Waals surface area (Å²) < 4.78 is 13.2. The summed E-state index contributed by atoms with van der Waals surface area (Å²) >= 11 is 0. The standard InChI is InChI=1S/C10H6FNO3/c11-7-3-5-1-2-9(13)12-8(5)4-6(7)10(14)15/h1-4H,(H,12,13)(H,14,15). The van der Waals surface area contributed by atoms with Crippen molar-refractivity contribution in [3.63, 3.8) is 0 Å². The minimum absolute atomic E-state index is 0.307. The Hall–Kier alpha value is -2.17. The maximum atomic E-state index is 13.2. The number of rotatable bonds is 1. The van der Waals surface area contributed by atoms with Crippen LogP contribution in [-0.2, 0) is 0 Å². The number of halogens is 1. The molecule has 1 aromatic heterocycles. The highest BCUT2D eigenvalue weighted by Gasteiger charge is 2.11. The van der Waals surface area contributed by atoms with E-state index in [4.69, 9.17) is 5.11 Å². The summed E-state index contributed by atoms with van der Waals surface area (Å²) in [4.78, 5) is 24.0. The third-order valence-corrected chi connectivity index (χ3v) is 2.04. The molecule has 0 radical (unpaired) electrons. The van der Waals surface area contributed by atoms with Gasteiger partial charge in [-0.2, -0.15) is 0 Å². The Balaban J connectivity index is 2.83. The molecule has 0 aliphatic rings. The predicted octanol–water partition coefficient (Wildman–Crippen LogP) is 1.37. The topological polar surface area (TPSA) is 70.2 Å². The molecule has 0 aliphatic carbocycles. The van der Waals surface area contributed by atoms with Gasteiger partial charge in [0.15, 0.2) is 0 Å². The molecule has 4 nitrogen and oxygen atoms in total. The maximum absolute atomic E-state index is 13.2. The van der Waals surface area contributed by atoms with Gasteiger partial charge >= 0.3 is 5.97 Å². The number of carboxylic acid groups (broad SMARTS) is 1. The van der Waals surface area contributed by atoms with Gasteiger partial charge in [-0.05, 0) is 18.2 Å². The second kappa shape index (κ2) is 3.20. The van der Waals surface area contributed by atoms with E-state index in [1.807, 2.05) is 0 Å². The fourth-order valence-electron chi connectivity index (χ4n) is 1.34. The molecule has 1 aromatic carbocycles. The van der Waals surface area contributed by atoms with Crippen molar-refractivity contribution in [2.24, 2.45) is 0 Å². The van der Waals surface area contributed by atoms with E-state index in [2.05, 4.69) is 4.98 Å². The first kappa shape index (κ1) is 9.39. The first-order chi connectivity index (χ1) is 7.08. The molecule has 76 valence electrons. The molecular formula is C10H6FNO3. The quantitative estimate of drug-likeness (QED) is 0.741. The monoisotopic (exact) mass is 207 g/mol. The lowest BCUT2D eigenvalue weighted by Gasteiger charge is -2.00. The maximum Gasteiger partial charge on any atom is 0.338 e. The highest BCUT2D eigenvalue weighted by atomic mass is 19.1. The van der Waals surface area contributed by atoms with Gasteiger partial charge in [0, 0.05) is 17.0 Å². The van der Waals surface area contributed by atoms with Crippen molar-refractivity contribution in [1.29, 1.82) is 0 Å². The van der Waals surface area contributed by atoms with Crippen LogP contribution in [0.5, 0.6) is 0 Å². The summed E-state index contributed by atoms with van der Waals surface area (Å²) in [6.07, 6.45) is 0. The van der Waals surface area contributed by atoms with Crippen LogP contribution in [0.4, 0.5) is 4.39 Å². The summed E-state index contributed by atoms with van der Waals surface area (Å²) in [5.74, 6) is -2.18. The molecule has 15 heavy (non-hydrogen) atoms. The van der Waals surface area contributed by atoms with Crippen LogP contribution < -0.4 is 5.56 Å². The molecule has 0 fully saturated rings. The summed E-state index contributed by atoms with van der Waals surface area (Å²) in [6, 6.07) is 4.87. The predicted molar refractivity (Wildman–Crippen MR) is 51.5 cm³/mol. The second-order valence-corrected chi connectivity index (χ2v) is 3.05. The van der Waals surface area contributed by atoms with Crippen LogP contribution in [0.1, 0.15) is 10.4 Å². The van der Waals surface area contributed by atoms with Crippen molar-refractivity contribution in [1.82, 2.24) is 4.98 Å². The van der Waals surface area contributed by atoms with Crippen LogP contribution >= 0.6 is 0 Å². The Morgan fingerprint density at radius 3 is 2.73 bits per heavy atom. The fourth-order valence-corrected chi connectivity index (χ4v) is 1.34. The van der Waals surface area contributed by atoms with E-state index in [-0.39, 0.29) is 5.56 Å². The Morgan fingerprint density at radius 1 is 1.33 bits per heavy atom. The SMILES string of the molecule is O=C(O)c1cc2[nH]c(=O)ccc2cc1F. The lowest BCUT2D eigenvalue weighted by Crippen LogP contribution is -2.05. The van der Waals surface area contributed by atoms with Crippen molar-refractivity contribution in [3.8, 4) is 0 Å². The fraction of sp³-hybridized carbons (Fsp3) is 0. The molecule has 0 atom stereocenters. The van der Waals surface area contributed by atoms with Gasteiger partial charge in [0.1, 0.15) is 5.82 Å². The number of carboxylic acids is 1. The molecule has 0 saturated heterocycles. The number of H-pyrrole nitrogens is 1. The first-order valence-corrected chi connectivity index (χ1v) is 4.14. The third-order valence-electron chi connectivity index (χ3n) is 2.04. The minimum Gasteiger partial charge on any atom is -0.478 e. The van der Waals surface area contributed by atoms with Crippen molar-refractivity contribution < 1.29 is 14.3 Å². The van der Waals surface area contributed by atoms with Crippen molar-refractivity contribution >= 4 is 16.9 Å². The van der Waals surface area contributed by atoms with Crippen LogP contribution in [0.15, 0.2) is 29.1 Å². The number of benzene rings is 1. The van der Waals surface area contributed by atoms with E-state index in [0.29, 0.717) is 10.9 Å². The molecule has 0 unspecified atom stereocenters. The number of aromatic amines is 1. The van der Waals surface area contributed by atoms with Gasteiger partial charge in [-0.15, -0.1) is 0 Å². The number of aromatic carboxylic acids is 1. The van der Waals surface area contributed by atoms with Crippen molar-refractivity contribution in [2.45, 2.75) is 0 Å². The van der Waals surface area contributed by atoms with E-state index in [0.717, 1.165) is 12.1 Å². The largest absolute Gasteiger partial charge is 0.478 e. The molecule has 5 heteroatoms. The highest BCUT2D eigenvalue weighted by Crippen LogP contribution is 2.16. The van der Waals surface area contributed by atoms with E-state index in [1.54, 1.807) is 0 Å². The van der Waals surface area contributed by atoms with Gasteiger partial charge in [0.05, 0.1) is 5.56 Å². The number of hydrogen-bond acceptors (Lipinski definition) is 2. The average Bonchev–Trinajstić information content (AvgIpc) is 2.17. The zero-order valence-electron chi connectivity index (χ0n) is 7.45. The lowest BCUT2D eigenvalue weighted by molar-refractivity contribution is 0.0692. The van der Waals surface area contributed by atoms with Crippen LogP contribution in [0.3, 0.4) is 0 Å². The zero-order chi connectivity index (χ0) is 11.0. The van der Waals surface area contributed by atoms with Crippen LogP contribution in [-0.4, -0.2) is 16.1 Å². The summed E-state index contributed by atoms with van der Waals surface area (Å²) in [5, 5.41) is 9.12. The molecular weight excluding hydrogens is 201 g/mol. The Bertz CT molecular complexity index is 603. The molecule has 0 aliphatic heterocycles. The van der Waals surface area contributed by atoms with Crippen LogP contribution in [0.2, 0.25) is 0 Å². The molecule has 0 bridgehead atoms. The van der Waals surface area contributed by atoms with E-state index in [9.17, 15) is 14.0 Å². The van der Waals surface area contributed by atoms with Gasteiger partial charge in [-0.25, -0.2) is 9.18 Å². The smallest absolute Gasteiger partial charge is 0.338 e. The molecule has 0 spiro atoms. The Kier molecular flexibility index (Phi) is 2.00. The molecule has 2 N–H and O–H groups in total. The third kappa shape index (κ3) is 1.59. The lowest BCUT2D eigenvalue weighted by atomic mass is 10.1. The molecule has 1 heterocycles. The van der Waals surface area contributed by atoms with Gasteiger partial charge in [0.2, 0.25) is 5.56 Å². The van der Waals surface area contributed by atoms with E-state index in [1.165, 1.54) is 12.1 Å². The van der Waals surface area contributed by atoms with Gasteiger partial charge in [-0.3, -0.25) is 4.79 Å². The van der Waals surface area contributed by atoms with E-state index < -0.39 is 17.3 Å². The molecule has 2 rings (SSSR count).